The van der Waals surface area contributed by atoms with Crippen LogP contribution in [0.25, 0.3) is 0 Å². The van der Waals surface area contributed by atoms with Crippen molar-refractivity contribution in [3.63, 3.8) is 0 Å². The number of amides is 1. The highest BCUT2D eigenvalue weighted by Crippen LogP contribution is 2.10. The van der Waals surface area contributed by atoms with Gasteiger partial charge in [0.15, 0.2) is 5.96 Å². The van der Waals surface area contributed by atoms with E-state index < -0.39 is 5.60 Å². The molecule has 24 heavy (non-hydrogen) atoms. The largest absolute Gasteiger partial charge is 0.444 e. The summed E-state index contributed by atoms with van der Waals surface area (Å²) in [7, 11) is 0. The number of ether oxygens (including phenoxy) is 1. The SMILES string of the molecule is CCCN(CCN=C(NCC)NC1CC=CC1)C(=O)OC(C)(C)C. The van der Waals surface area contributed by atoms with Crippen LogP contribution in [-0.4, -0.2) is 54.8 Å². The normalized spacial score (nSPS) is 15.5. The Bertz CT molecular complexity index is 433. The van der Waals surface area contributed by atoms with Gasteiger partial charge in [0.05, 0.1) is 6.54 Å². The van der Waals surface area contributed by atoms with Crippen molar-refractivity contribution in [2.45, 2.75) is 65.5 Å². The summed E-state index contributed by atoms with van der Waals surface area (Å²) in [6, 6.07) is 0.417. The Balaban J connectivity index is 2.53. The van der Waals surface area contributed by atoms with Crippen molar-refractivity contribution >= 4 is 12.1 Å². The lowest BCUT2D eigenvalue weighted by molar-refractivity contribution is 0.0256. The highest BCUT2D eigenvalue weighted by Gasteiger charge is 2.21. The molecule has 1 amide bonds. The first-order chi connectivity index (χ1) is 11.4. The molecule has 0 aromatic heterocycles. The van der Waals surface area contributed by atoms with Gasteiger partial charge in [-0.1, -0.05) is 19.1 Å². The highest BCUT2D eigenvalue weighted by molar-refractivity contribution is 5.80. The predicted octanol–water partition coefficient (Wildman–Crippen LogP) is 2.91. The van der Waals surface area contributed by atoms with Crippen LogP contribution in [0.15, 0.2) is 17.1 Å². The second-order valence-electron chi connectivity index (χ2n) is 7.01. The number of carbonyl (C=O) groups excluding carboxylic acids is 1. The van der Waals surface area contributed by atoms with Crippen molar-refractivity contribution in [3.8, 4) is 0 Å². The Morgan fingerprint density at radius 1 is 1.25 bits per heavy atom. The van der Waals surface area contributed by atoms with Crippen molar-refractivity contribution in [3.05, 3.63) is 12.2 Å². The van der Waals surface area contributed by atoms with E-state index in [1.165, 1.54) is 0 Å². The van der Waals surface area contributed by atoms with E-state index in [4.69, 9.17) is 4.74 Å². The fourth-order valence-electron chi connectivity index (χ4n) is 2.42. The average Bonchev–Trinajstić information content (AvgIpc) is 2.97. The summed E-state index contributed by atoms with van der Waals surface area (Å²) in [4.78, 5) is 18.6. The second-order valence-corrected chi connectivity index (χ2v) is 7.01. The molecule has 1 rings (SSSR count). The first kappa shape index (κ1) is 20.3. The van der Waals surface area contributed by atoms with Crippen LogP contribution in [0.5, 0.6) is 0 Å². The molecule has 6 heteroatoms. The number of carbonyl (C=O) groups is 1. The van der Waals surface area contributed by atoms with Crippen molar-refractivity contribution in [1.82, 2.24) is 15.5 Å². The van der Waals surface area contributed by atoms with E-state index >= 15 is 0 Å². The van der Waals surface area contributed by atoms with Gasteiger partial charge in [0.25, 0.3) is 0 Å². The monoisotopic (exact) mass is 338 g/mol. The maximum atomic E-state index is 12.2. The van der Waals surface area contributed by atoms with Gasteiger partial charge in [-0.2, -0.15) is 0 Å². The van der Waals surface area contributed by atoms with Gasteiger partial charge in [-0.15, -0.1) is 0 Å². The zero-order valence-corrected chi connectivity index (χ0v) is 15.9. The molecular formula is C18H34N4O2. The minimum atomic E-state index is -0.474. The van der Waals surface area contributed by atoms with Crippen LogP contribution in [0.2, 0.25) is 0 Å². The fraction of sp³-hybridized carbons (Fsp3) is 0.778. The first-order valence-electron chi connectivity index (χ1n) is 9.03. The zero-order valence-electron chi connectivity index (χ0n) is 15.9. The van der Waals surface area contributed by atoms with Crippen LogP contribution in [-0.2, 0) is 4.74 Å². The predicted molar refractivity (Wildman–Crippen MR) is 99.4 cm³/mol. The smallest absolute Gasteiger partial charge is 0.410 e. The van der Waals surface area contributed by atoms with Gasteiger partial charge in [0, 0.05) is 25.7 Å². The molecule has 0 atom stereocenters. The lowest BCUT2D eigenvalue weighted by Gasteiger charge is -2.27. The van der Waals surface area contributed by atoms with E-state index in [-0.39, 0.29) is 6.09 Å². The van der Waals surface area contributed by atoms with Crippen LogP contribution in [0.1, 0.15) is 53.9 Å². The Morgan fingerprint density at radius 3 is 2.46 bits per heavy atom. The molecule has 0 radical (unpaired) electrons. The molecule has 0 fully saturated rings. The van der Waals surface area contributed by atoms with E-state index in [9.17, 15) is 4.79 Å². The van der Waals surface area contributed by atoms with Crippen LogP contribution >= 0.6 is 0 Å². The maximum absolute atomic E-state index is 12.2. The van der Waals surface area contributed by atoms with Gasteiger partial charge in [0.1, 0.15) is 5.60 Å². The Hall–Kier alpha value is -1.72. The Labute approximate surface area is 146 Å². The van der Waals surface area contributed by atoms with Crippen LogP contribution < -0.4 is 10.6 Å². The summed E-state index contributed by atoms with van der Waals surface area (Å²) < 4.78 is 5.46. The Kier molecular flexibility index (Phi) is 8.65. The summed E-state index contributed by atoms with van der Waals surface area (Å²) >= 11 is 0. The number of nitrogens with zero attached hydrogens (tertiary/aromatic N) is 2. The average molecular weight is 338 g/mol. The molecule has 0 heterocycles. The standard InChI is InChI=1S/C18H34N4O2/c1-6-13-22(17(23)24-18(3,4)5)14-12-20-16(19-7-2)21-15-10-8-9-11-15/h8-9,15H,6-7,10-14H2,1-5H3,(H2,19,20,21). The number of aliphatic imine (C=N–C) groups is 1. The number of hydrogen-bond donors (Lipinski definition) is 2. The molecule has 1 aliphatic carbocycles. The van der Waals surface area contributed by atoms with Crippen LogP contribution in [0.3, 0.4) is 0 Å². The summed E-state index contributed by atoms with van der Waals surface area (Å²) in [5.74, 6) is 0.812. The third-order valence-corrected chi connectivity index (χ3v) is 3.48. The second kappa shape index (κ2) is 10.2. The molecule has 0 spiro atoms. The molecule has 0 bridgehead atoms. The van der Waals surface area contributed by atoms with Crippen molar-refractivity contribution < 1.29 is 9.53 Å². The van der Waals surface area contributed by atoms with Crippen molar-refractivity contribution in [2.24, 2.45) is 4.99 Å². The first-order valence-corrected chi connectivity index (χ1v) is 9.03. The van der Waals surface area contributed by atoms with E-state index in [2.05, 4.69) is 34.7 Å². The van der Waals surface area contributed by atoms with E-state index in [0.29, 0.717) is 25.7 Å². The van der Waals surface area contributed by atoms with E-state index in [1.807, 2.05) is 27.7 Å². The molecular weight excluding hydrogens is 304 g/mol. The highest BCUT2D eigenvalue weighted by atomic mass is 16.6. The van der Waals surface area contributed by atoms with Gasteiger partial charge in [0.2, 0.25) is 0 Å². The van der Waals surface area contributed by atoms with Gasteiger partial charge >= 0.3 is 6.09 Å². The molecule has 0 unspecified atom stereocenters. The number of rotatable bonds is 7. The lowest BCUT2D eigenvalue weighted by atomic mass is 10.2. The molecule has 0 saturated heterocycles. The lowest BCUT2D eigenvalue weighted by Crippen LogP contribution is -2.43. The molecule has 138 valence electrons. The topological polar surface area (TPSA) is 66.0 Å². The molecule has 0 aromatic carbocycles. The third kappa shape index (κ3) is 8.22. The number of nitrogens with one attached hydrogen (secondary N) is 2. The molecule has 1 aliphatic rings. The minimum Gasteiger partial charge on any atom is -0.444 e. The summed E-state index contributed by atoms with van der Waals surface area (Å²) in [6.07, 6.45) is 7.07. The molecule has 0 saturated carbocycles. The number of hydrogen-bond acceptors (Lipinski definition) is 3. The fourth-order valence-corrected chi connectivity index (χ4v) is 2.42. The van der Waals surface area contributed by atoms with Gasteiger partial charge < -0.3 is 20.3 Å². The van der Waals surface area contributed by atoms with E-state index in [1.54, 1.807) is 4.90 Å². The zero-order chi connectivity index (χ0) is 18.0. The quantitative estimate of drug-likeness (QED) is 0.425. The van der Waals surface area contributed by atoms with Crippen LogP contribution in [0.4, 0.5) is 4.79 Å². The number of guanidine groups is 1. The maximum Gasteiger partial charge on any atom is 0.410 e. The Morgan fingerprint density at radius 2 is 1.92 bits per heavy atom. The van der Waals surface area contributed by atoms with E-state index in [0.717, 1.165) is 31.8 Å². The molecule has 6 nitrogen and oxygen atoms in total. The molecule has 0 aromatic rings. The van der Waals surface area contributed by atoms with Crippen LogP contribution in [0, 0.1) is 0 Å². The van der Waals surface area contributed by atoms with Crippen molar-refractivity contribution in [2.75, 3.05) is 26.2 Å². The van der Waals surface area contributed by atoms with Crippen molar-refractivity contribution in [1.29, 1.82) is 0 Å². The molecule has 2 N–H and O–H groups in total. The summed E-state index contributed by atoms with van der Waals surface area (Å²) in [5, 5.41) is 6.69. The van der Waals surface area contributed by atoms with Gasteiger partial charge in [-0.05, 0) is 47.0 Å². The molecule has 0 aliphatic heterocycles. The summed E-state index contributed by atoms with van der Waals surface area (Å²) in [5.41, 5.74) is -0.474. The van der Waals surface area contributed by atoms with Gasteiger partial charge in [-0.25, -0.2) is 4.79 Å². The van der Waals surface area contributed by atoms with Gasteiger partial charge in [-0.3, -0.25) is 4.99 Å². The third-order valence-electron chi connectivity index (χ3n) is 3.48. The summed E-state index contributed by atoms with van der Waals surface area (Å²) in [6.45, 7) is 12.4. The minimum absolute atomic E-state index is 0.266.